The fourth-order valence-electron chi connectivity index (χ4n) is 4.91. The van der Waals surface area contributed by atoms with Crippen molar-refractivity contribution in [3.8, 4) is 0 Å². The minimum Gasteiger partial charge on any atom is -0.478 e. The summed E-state index contributed by atoms with van der Waals surface area (Å²) in [6.45, 7) is 3.93. The molecule has 1 aromatic carbocycles. The highest BCUT2D eigenvalue weighted by atomic mass is 16.4. The van der Waals surface area contributed by atoms with Crippen LogP contribution in [0.1, 0.15) is 66.4 Å². The Bertz CT molecular complexity index is 1150. The van der Waals surface area contributed by atoms with Gasteiger partial charge in [-0.3, -0.25) is 9.69 Å². The lowest BCUT2D eigenvalue weighted by Crippen LogP contribution is -2.49. The number of H-pyrrole nitrogens is 1. The third-order valence-corrected chi connectivity index (χ3v) is 6.81. The molecule has 3 aromatic rings. The van der Waals surface area contributed by atoms with Crippen molar-refractivity contribution in [2.75, 3.05) is 13.1 Å². The van der Waals surface area contributed by atoms with Crippen LogP contribution in [-0.4, -0.2) is 48.8 Å². The van der Waals surface area contributed by atoms with Crippen molar-refractivity contribution >= 4 is 17.0 Å². The Balaban J connectivity index is 1.27. The number of aromatic nitrogens is 4. The molecule has 2 aromatic heterocycles. The van der Waals surface area contributed by atoms with Gasteiger partial charge in [-0.2, -0.15) is 5.10 Å². The molecule has 0 bridgehead atoms. The van der Waals surface area contributed by atoms with E-state index in [1.54, 1.807) is 18.3 Å². The maximum atomic E-state index is 12.6. The summed E-state index contributed by atoms with van der Waals surface area (Å²) in [4.78, 5) is 33.7. The van der Waals surface area contributed by atoms with Crippen molar-refractivity contribution in [3.63, 3.8) is 0 Å². The Labute approximate surface area is 179 Å². The van der Waals surface area contributed by atoms with Crippen LogP contribution in [0.15, 0.2) is 35.3 Å². The Morgan fingerprint density at radius 2 is 1.94 bits per heavy atom. The summed E-state index contributed by atoms with van der Waals surface area (Å²) in [6.07, 6.45) is 7.15. The highest BCUT2D eigenvalue weighted by molar-refractivity contribution is 5.87. The Morgan fingerprint density at radius 3 is 2.61 bits per heavy atom. The minimum atomic E-state index is -0.900. The van der Waals surface area contributed by atoms with Gasteiger partial charge >= 0.3 is 5.97 Å². The number of nitrogens with zero attached hydrogens (tertiary/aromatic N) is 4. The molecular formula is C23H27N5O3. The third-order valence-electron chi connectivity index (χ3n) is 6.81. The maximum Gasteiger partial charge on any atom is 0.335 e. The fourth-order valence-corrected chi connectivity index (χ4v) is 4.91. The standard InChI is InChI=1S/C23H27N5O3/c1-14(27-12-16(13-27)10-15-6-8-17(9-7-15)23(30)31)20-25-21-19(22(29)26-20)11-24-28(21)18-4-2-3-5-18/h6-9,11,14,16,18H,2-5,10,12-13H2,1H3,(H,30,31)(H,25,26,29). The van der Waals surface area contributed by atoms with Crippen LogP contribution in [0.2, 0.25) is 0 Å². The Kier molecular flexibility index (Phi) is 5.09. The molecule has 162 valence electrons. The number of benzene rings is 1. The first-order valence-electron chi connectivity index (χ1n) is 11.0. The molecule has 2 fully saturated rings. The summed E-state index contributed by atoms with van der Waals surface area (Å²) in [5.41, 5.74) is 2.05. The molecule has 1 aliphatic carbocycles. The molecule has 1 unspecified atom stereocenters. The lowest BCUT2D eigenvalue weighted by atomic mass is 9.90. The Morgan fingerprint density at radius 1 is 1.23 bits per heavy atom. The first kappa shape index (κ1) is 19.9. The number of aromatic amines is 1. The zero-order valence-electron chi connectivity index (χ0n) is 17.6. The second-order valence-electron chi connectivity index (χ2n) is 8.92. The summed E-state index contributed by atoms with van der Waals surface area (Å²) in [5, 5.41) is 14.1. The van der Waals surface area contributed by atoms with Crippen LogP contribution in [0.25, 0.3) is 11.0 Å². The number of fused-ring (bicyclic) bond motifs is 1. The Hall–Kier alpha value is -3.00. The molecule has 8 nitrogen and oxygen atoms in total. The van der Waals surface area contributed by atoms with Crippen molar-refractivity contribution < 1.29 is 9.90 Å². The summed E-state index contributed by atoms with van der Waals surface area (Å²) < 4.78 is 1.95. The van der Waals surface area contributed by atoms with Gasteiger partial charge in [-0.15, -0.1) is 0 Å². The largest absolute Gasteiger partial charge is 0.478 e. The van der Waals surface area contributed by atoms with Crippen LogP contribution < -0.4 is 5.56 Å². The lowest BCUT2D eigenvalue weighted by Gasteiger charge is -2.42. The summed E-state index contributed by atoms with van der Waals surface area (Å²) in [5.74, 6) is 0.307. The van der Waals surface area contributed by atoms with Crippen molar-refractivity contribution in [3.05, 3.63) is 57.8 Å². The monoisotopic (exact) mass is 421 g/mol. The number of carboxylic acids is 1. The molecule has 1 saturated heterocycles. The topological polar surface area (TPSA) is 104 Å². The van der Waals surface area contributed by atoms with Gasteiger partial charge in [0.15, 0.2) is 5.65 Å². The minimum absolute atomic E-state index is 0.0228. The van der Waals surface area contributed by atoms with Gasteiger partial charge in [-0.1, -0.05) is 25.0 Å². The first-order chi connectivity index (χ1) is 15.0. The molecule has 0 amide bonds. The SMILES string of the molecule is CC(c1nc2c(cnn2C2CCCC2)c(=O)[nH]1)N1CC(Cc2ccc(C(=O)O)cc2)C1. The highest BCUT2D eigenvalue weighted by Crippen LogP contribution is 2.32. The van der Waals surface area contributed by atoms with E-state index in [1.807, 2.05) is 16.8 Å². The number of aromatic carboxylic acids is 1. The molecule has 0 spiro atoms. The number of carbonyl (C=O) groups is 1. The molecular weight excluding hydrogens is 394 g/mol. The third kappa shape index (κ3) is 3.76. The molecule has 2 N–H and O–H groups in total. The summed E-state index contributed by atoms with van der Waals surface area (Å²) in [7, 11) is 0. The molecule has 1 saturated carbocycles. The van der Waals surface area contributed by atoms with Crippen LogP contribution >= 0.6 is 0 Å². The van der Waals surface area contributed by atoms with Crippen molar-refractivity contribution in [2.24, 2.45) is 5.92 Å². The number of hydrogen-bond donors (Lipinski definition) is 2. The van der Waals surface area contributed by atoms with E-state index in [2.05, 4.69) is 21.9 Å². The average Bonchev–Trinajstić information content (AvgIpc) is 3.40. The molecule has 3 heterocycles. The molecule has 0 radical (unpaired) electrons. The van der Waals surface area contributed by atoms with Crippen LogP contribution in [0.5, 0.6) is 0 Å². The van der Waals surface area contributed by atoms with Gasteiger partial charge in [0.1, 0.15) is 11.2 Å². The molecule has 1 atom stereocenters. The lowest BCUT2D eigenvalue weighted by molar-refractivity contribution is 0.0563. The molecule has 1 aliphatic heterocycles. The smallest absolute Gasteiger partial charge is 0.335 e. The summed E-state index contributed by atoms with van der Waals surface area (Å²) in [6, 6.07) is 7.48. The van der Waals surface area contributed by atoms with Gasteiger partial charge < -0.3 is 10.1 Å². The summed E-state index contributed by atoms with van der Waals surface area (Å²) >= 11 is 0. The van der Waals surface area contributed by atoms with E-state index in [9.17, 15) is 9.59 Å². The average molecular weight is 422 g/mol. The number of nitrogens with one attached hydrogen (secondary N) is 1. The second-order valence-corrected chi connectivity index (χ2v) is 8.92. The predicted molar refractivity (Wildman–Crippen MR) is 116 cm³/mol. The molecule has 2 aliphatic rings. The van der Waals surface area contributed by atoms with E-state index < -0.39 is 5.97 Å². The fraction of sp³-hybridized carbons (Fsp3) is 0.478. The number of rotatable bonds is 6. The number of carboxylic acid groups (broad SMARTS) is 1. The maximum absolute atomic E-state index is 12.6. The van der Waals surface area contributed by atoms with Gasteiger partial charge in [0, 0.05) is 13.1 Å². The first-order valence-corrected chi connectivity index (χ1v) is 11.0. The zero-order valence-corrected chi connectivity index (χ0v) is 17.6. The highest BCUT2D eigenvalue weighted by Gasteiger charge is 2.32. The van der Waals surface area contributed by atoms with Crippen molar-refractivity contribution in [1.29, 1.82) is 0 Å². The van der Waals surface area contributed by atoms with Gasteiger partial charge in [0.25, 0.3) is 5.56 Å². The number of hydrogen-bond acceptors (Lipinski definition) is 5. The van der Waals surface area contributed by atoms with Gasteiger partial charge in [-0.25, -0.2) is 14.5 Å². The van der Waals surface area contributed by atoms with Crippen molar-refractivity contribution in [1.82, 2.24) is 24.6 Å². The van der Waals surface area contributed by atoms with E-state index in [0.29, 0.717) is 34.4 Å². The van der Waals surface area contributed by atoms with E-state index in [4.69, 9.17) is 10.1 Å². The van der Waals surface area contributed by atoms with Crippen LogP contribution in [0.3, 0.4) is 0 Å². The van der Waals surface area contributed by atoms with Crippen LogP contribution in [-0.2, 0) is 6.42 Å². The van der Waals surface area contributed by atoms with Gasteiger partial charge in [0.05, 0.1) is 23.8 Å². The van der Waals surface area contributed by atoms with E-state index >= 15 is 0 Å². The van der Waals surface area contributed by atoms with Crippen LogP contribution in [0.4, 0.5) is 0 Å². The molecule has 5 rings (SSSR count). The predicted octanol–water partition coefficient (Wildman–Crippen LogP) is 3.17. The molecule has 31 heavy (non-hydrogen) atoms. The van der Waals surface area contributed by atoms with Gasteiger partial charge in [-0.05, 0) is 49.8 Å². The van der Waals surface area contributed by atoms with E-state index in [-0.39, 0.29) is 11.6 Å². The van der Waals surface area contributed by atoms with E-state index in [1.165, 1.54) is 12.8 Å². The molecule has 8 heteroatoms. The van der Waals surface area contributed by atoms with Gasteiger partial charge in [0.2, 0.25) is 0 Å². The number of likely N-dealkylation sites (tertiary alicyclic amines) is 1. The quantitative estimate of drug-likeness (QED) is 0.634. The zero-order chi connectivity index (χ0) is 21.5. The van der Waals surface area contributed by atoms with Crippen molar-refractivity contribution in [2.45, 2.75) is 51.1 Å². The van der Waals surface area contributed by atoms with E-state index in [0.717, 1.165) is 37.9 Å². The second kappa shape index (κ2) is 7.92. The normalized spacial score (nSPS) is 19.0. The van der Waals surface area contributed by atoms with Crippen LogP contribution in [0, 0.1) is 5.92 Å².